The van der Waals surface area contributed by atoms with Crippen LogP contribution in [0.5, 0.6) is 0 Å². The minimum atomic E-state index is -4.38. The monoisotopic (exact) mass is 289 g/mol. The number of halogens is 3. The normalized spacial score (nSPS) is 11.9. The van der Waals surface area contributed by atoms with Gasteiger partial charge in [-0.3, -0.25) is 0 Å². The first kappa shape index (κ1) is 14.3. The predicted octanol–water partition coefficient (Wildman–Crippen LogP) is 2.65. The molecule has 0 aliphatic carbocycles. The van der Waals surface area contributed by atoms with Gasteiger partial charge in [-0.15, -0.1) is 0 Å². The average Bonchev–Trinajstić information content (AvgIpc) is 2.75. The Morgan fingerprint density at radius 2 is 2.15 bits per heavy atom. The highest BCUT2D eigenvalue weighted by atomic mass is 19.4. The zero-order valence-electron chi connectivity index (χ0n) is 10.1. The van der Waals surface area contributed by atoms with Crippen molar-refractivity contribution in [3.05, 3.63) is 29.7 Å². The molecule has 0 aliphatic rings. The third kappa shape index (κ3) is 3.47. The Morgan fingerprint density at radius 3 is 2.80 bits per heavy atom. The zero-order chi connectivity index (χ0) is 14.8. The van der Waals surface area contributed by atoms with Crippen LogP contribution in [-0.2, 0) is 11.2 Å². The standard InChI is InChI=1S/C12H10F3NO4/c13-12(14,15)6-19-5-4-9-16-10-7(11(17)18)2-1-3-8(10)20-9/h1-3H,4-6H2,(H,17,18). The van der Waals surface area contributed by atoms with Gasteiger partial charge in [-0.2, -0.15) is 13.2 Å². The molecule has 0 bridgehead atoms. The highest BCUT2D eigenvalue weighted by Gasteiger charge is 2.27. The third-order valence-electron chi connectivity index (χ3n) is 2.42. The van der Waals surface area contributed by atoms with E-state index in [2.05, 4.69) is 9.72 Å². The molecule has 1 heterocycles. The molecule has 0 atom stereocenters. The Labute approximate surface area is 111 Å². The van der Waals surface area contributed by atoms with E-state index < -0.39 is 18.8 Å². The first-order valence-electron chi connectivity index (χ1n) is 5.63. The van der Waals surface area contributed by atoms with Crippen LogP contribution in [0.2, 0.25) is 0 Å². The molecule has 2 rings (SSSR count). The van der Waals surface area contributed by atoms with Gasteiger partial charge in [0.2, 0.25) is 0 Å². The van der Waals surface area contributed by atoms with E-state index in [1.165, 1.54) is 18.2 Å². The number of alkyl halides is 3. The number of fused-ring (bicyclic) bond motifs is 1. The Hall–Kier alpha value is -2.09. The molecular weight excluding hydrogens is 279 g/mol. The lowest BCUT2D eigenvalue weighted by molar-refractivity contribution is -0.173. The van der Waals surface area contributed by atoms with Crippen LogP contribution >= 0.6 is 0 Å². The molecule has 0 saturated carbocycles. The fourth-order valence-corrected chi connectivity index (χ4v) is 1.62. The van der Waals surface area contributed by atoms with Crippen LogP contribution in [0.3, 0.4) is 0 Å². The second kappa shape index (κ2) is 5.49. The Bertz CT molecular complexity index is 621. The number of oxazole rings is 1. The minimum absolute atomic E-state index is 0.0197. The van der Waals surface area contributed by atoms with Gasteiger partial charge < -0.3 is 14.3 Å². The number of benzene rings is 1. The average molecular weight is 289 g/mol. The van der Waals surface area contributed by atoms with Gasteiger partial charge >= 0.3 is 12.1 Å². The number of rotatable bonds is 5. The van der Waals surface area contributed by atoms with Crippen molar-refractivity contribution in [1.82, 2.24) is 4.98 Å². The summed E-state index contributed by atoms with van der Waals surface area (Å²) in [4.78, 5) is 14.9. The molecule has 1 aromatic heterocycles. The van der Waals surface area contributed by atoms with Gasteiger partial charge in [-0.1, -0.05) is 6.07 Å². The predicted molar refractivity (Wildman–Crippen MR) is 61.5 cm³/mol. The van der Waals surface area contributed by atoms with Crippen LogP contribution in [0.1, 0.15) is 16.2 Å². The molecule has 108 valence electrons. The Morgan fingerprint density at radius 1 is 1.40 bits per heavy atom. The van der Waals surface area contributed by atoms with Crippen LogP contribution < -0.4 is 0 Å². The van der Waals surface area contributed by atoms with Gasteiger partial charge in [0.25, 0.3) is 0 Å². The van der Waals surface area contributed by atoms with Crippen molar-refractivity contribution >= 4 is 17.1 Å². The molecule has 0 fully saturated rings. The van der Waals surface area contributed by atoms with E-state index in [4.69, 9.17) is 9.52 Å². The van der Waals surface area contributed by atoms with Crippen molar-refractivity contribution in [2.75, 3.05) is 13.2 Å². The first-order valence-corrected chi connectivity index (χ1v) is 5.63. The number of ether oxygens (including phenoxy) is 1. The van der Waals surface area contributed by atoms with Crippen molar-refractivity contribution in [1.29, 1.82) is 0 Å². The third-order valence-corrected chi connectivity index (χ3v) is 2.42. The number of aromatic carboxylic acids is 1. The number of hydrogen-bond acceptors (Lipinski definition) is 4. The topological polar surface area (TPSA) is 72.6 Å². The summed E-state index contributed by atoms with van der Waals surface area (Å²) >= 11 is 0. The summed E-state index contributed by atoms with van der Waals surface area (Å²) in [5.41, 5.74) is 0.426. The molecule has 20 heavy (non-hydrogen) atoms. The molecule has 1 aromatic carbocycles. The molecule has 8 heteroatoms. The number of hydrogen-bond donors (Lipinski definition) is 1. The summed E-state index contributed by atoms with van der Waals surface area (Å²) in [5.74, 6) is -1.01. The van der Waals surface area contributed by atoms with E-state index in [0.717, 1.165) is 0 Å². The maximum atomic E-state index is 11.9. The van der Waals surface area contributed by atoms with Crippen molar-refractivity contribution < 1.29 is 32.2 Å². The lowest BCUT2D eigenvalue weighted by Gasteiger charge is -2.05. The summed E-state index contributed by atoms with van der Waals surface area (Å²) < 4.78 is 45.3. The van der Waals surface area contributed by atoms with Gasteiger partial charge in [0.1, 0.15) is 12.1 Å². The second-order valence-corrected chi connectivity index (χ2v) is 3.98. The van der Waals surface area contributed by atoms with E-state index in [1.54, 1.807) is 0 Å². The first-order chi connectivity index (χ1) is 9.37. The quantitative estimate of drug-likeness (QED) is 0.857. The highest BCUT2D eigenvalue weighted by Crippen LogP contribution is 2.20. The summed E-state index contributed by atoms with van der Waals surface area (Å²) in [6.45, 7) is -1.55. The maximum Gasteiger partial charge on any atom is 0.411 e. The van der Waals surface area contributed by atoms with Crippen molar-refractivity contribution in [2.24, 2.45) is 0 Å². The SMILES string of the molecule is O=C(O)c1cccc2oc(CCOCC(F)(F)F)nc12. The fraction of sp³-hybridized carbons (Fsp3) is 0.333. The van der Waals surface area contributed by atoms with Crippen LogP contribution in [-0.4, -0.2) is 35.4 Å². The smallest absolute Gasteiger partial charge is 0.411 e. The molecule has 0 unspecified atom stereocenters. The van der Waals surface area contributed by atoms with Crippen molar-refractivity contribution in [3.8, 4) is 0 Å². The number of carboxylic acid groups (broad SMARTS) is 1. The van der Waals surface area contributed by atoms with E-state index in [1.807, 2.05) is 0 Å². The van der Waals surface area contributed by atoms with E-state index >= 15 is 0 Å². The van der Waals surface area contributed by atoms with Gasteiger partial charge in [0, 0.05) is 6.42 Å². The number of carbonyl (C=O) groups is 1. The van der Waals surface area contributed by atoms with E-state index in [0.29, 0.717) is 0 Å². The molecular formula is C12H10F3NO4. The van der Waals surface area contributed by atoms with Crippen LogP contribution in [0.25, 0.3) is 11.1 Å². The number of carboxylic acids is 1. The molecule has 2 aromatic rings. The lowest BCUT2D eigenvalue weighted by atomic mass is 10.2. The molecule has 1 N–H and O–H groups in total. The Balaban J connectivity index is 2.05. The lowest BCUT2D eigenvalue weighted by Crippen LogP contribution is -2.17. The number of aromatic nitrogens is 1. The van der Waals surface area contributed by atoms with Gasteiger partial charge in [0.05, 0.1) is 12.2 Å². The summed E-state index contributed by atoms with van der Waals surface area (Å²) in [5, 5.41) is 8.96. The van der Waals surface area contributed by atoms with E-state index in [9.17, 15) is 18.0 Å². The van der Waals surface area contributed by atoms with Gasteiger partial charge in [0.15, 0.2) is 11.5 Å². The maximum absolute atomic E-state index is 11.9. The number of nitrogens with zero attached hydrogens (tertiary/aromatic N) is 1. The summed E-state index contributed by atoms with van der Waals surface area (Å²) in [6, 6.07) is 4.41. The second-order valence-electron chi connectivity index (χ2n) is 3.98. The van der Waals surface area contributed by atoms with E-state index in [-0.39, 0.29) is 35.6 Å². The van der Waals surface area contributed by atoms with Gasteiger partial charge in [-0.25, -0.2) is 9.78 Å². The minimum Gasteiger partial charge on any atom is -0.478 e. The summed E-state index contributed by atoms with van der Waals surface area (Å²) in [7, 11) is 0. The summed E-state index contributed by atoms with van der Waals surface area (Å²) in [6.07, 6.45) is -4.35. The van der Waals surface area contributed by atoms with Crippen LogP contribution in [0.4, 0.5) is 13.2 Å². The Kier molecular flexibility index (Phi) is 3.93. The largest absolute Gasteiger partial charge is 0.478 e. The fourth-order valence-electron chi connectivity index (χ4n) is 1.62. The van der Waals surface area contributed by atoms with Crippen LogP contribution in [0.15, 0.2) is 22.6 Å². The zero-order valence-corrected chi connectivity index (χ0v) is 10.1. The molecule has 0 spiro atoms. The molecule has 0 saturated heterocycles. The molecule has 0 amide bonds. The molecule has 5 nitrogen and oxygen atoms in total. The van der Waals surface area contributed by atoms with Crippen molar-refractivity contribution in [3.63, 3.8) is 0 Å². The van der Waals surface area contributed by atoms with Crippen LogP contribution in [0, 0.1) is 0 Å². The molecule has 0 aliphatic heterocycles. The van der Waals surface area contributed by atoms with Gasteiger partial charge in [-0.05, 0) is 12.1 Å². The van der Waals surface area contributed by atoms with Crippen molar-refractivity contribution in [2.45, 2.75) is 12.6 Å². The highest BCUT2D eigenvalue weighted by molar-refractivity contribution is 6.00. The number of para-hydroxylation sites is 1. The molecule has 0 radical (unpaired) electrons.